The molecular formula is C11H14BrN. The number of rotatable bonds is 2. The van der Waals surface area contributed by atoms with Crippen molar-refractivity contribution in [2.45, 2.75) is 6.92 Å². The summed E-state index contributed by atoms with van der Waals surface area (Å²) in [5, 5.41) is 0. The molecule has 0 atom stereocenters. The molecule has 0 spiro atoms. The molecule has 1 aromatic rings. The average molecular weight is 240 g/mol. The lowest BCUT2D eigenvalue weighted by Gasteiger charge is -2.13. The predicted octanol–water partition coefficient (Wildman–Crippen LogP) is 3.43. The second-order valence-electron chi connectivity index (χ2n) is 3.23. The zero-order chi connectivity index (χ0) is 9.84. The van der Waals surface area contributed by atoms with E-state index < -0.39 is 0 Å². The van der Waals surface area contributed by atoms with Crippen molar-refractivity contribution in [3.63, 3.8) is 0 Å². The second-order valence-corrected chi connectivity index (χ2v) is 3.76. The molecule has 0 fully saturated rings. The Balaban J connectivity index is 3.05. The van der Waals surface area contributed by atoms with E-state index in [0.29, 0.717) is 0 Å². The highest BCUT2D eigenvalue weighted by atomic mass is 79.9. The molecule has 1 rings (SSSR count). The standard InChI is InChI=1S/C11H14BrN/c1-9-8-11(13(2)3)5-4-10(9)6-7-12/h4-8H,1-3H3/b7-6+. The second kappa shape index (κ2) is 4.47. The van der Waals surface area contributed by atoms with Gasteiger partial charge in [0.2, 0.25) is 0 Å². The molecule has 0 N–H and O–H groups in total. The summed E-state index contributed by atoms with van der Waals surface area (Å²) in [6.45, 7) is 2.12. The monoisotopic (exact) mass is 239 g/mol. The highest BCUT2D eigenvalue weighted by Crippen LogP contribution is 2.18. The van der Waals surface area contributed by atoms with Crippen LogP contribution in [0.3, 0.4) is 0 Å². The van der Waals surface area contributed by atoms with Crippen LogP contribution in [0.5, 0.6) is 0 Å². The van der Waals surface area contributed by atoms with Crippen LogP contribution >= 0.6 is 15.9 Å². The first-order valence-corrected chi connectivity index (χ1v) is 5.11. The van der Waals surface area contributed by atoms with Crippen LogP contribution in [-0.4, -0.2) is 14.1 Å². The van der Waals surface area contributed by atoms with Crippen molar-refractivity contribution in [1.82, 2.24) is 0 Å². The molecule has 0 saturated heterocycles. The SMILES string of the molecule is Cc1cc(N(C)C)ccc1/C=C/Br. The molecule has 0 unspecified atom stereocenters. The molecule has 0 radical (unpaired) electrons. The molecule has 0 aliphatic heterocycles. The van der Waals surface area contributed by atoms with Crippen LogP contribution < -0.4 is 4.90 Å². The summed E-state index contributed by atoms with van der Waals surface area (Å²) in [6, 6.07) is 6.43. The normalized spacial score (nSPS) is 10.8. The molecular weight excluding hydrogens is 226 g/mol. The summed E-state index contributed by atoms with van der Waals surface area (Å²) in [6.07, 6.45) is 2.05. The Morgan fingerprint density at radius 1 is 1.31 bits per heavy atom. The van der Waals surface area contributed by atoms with Crippen LogP contribution in [0.1, 0.15) is 11.1 Å². The highest BCUT2D eigenvalue weighted by molar-refractivity contribution is 9.11. The Morgan fingerprint density at radius 2 is 2.00 bits per heavy atom. The van der Waals surface area contributed by atoms with E-state index in [4.69, 9.17) is 0 Å². The summed E-state index contributed by atoms with van der Waals surface area (Å²) in [5.74, 6) is 0. The molecule has 0 aliphatic carbocycles. The maximum atomic E-state index is 3.28. The predicted molar refractivity (Wildman–Crippen MR) is 63.5 cm³/mol. The smallest absolute Gasteiger partial charge is 0.0364 e. The quantitative estimate of drug-likeness (QED) is 0.765. The number of nitrogens with zero attached hydrogens (tertiary/aromatic N) is 1. The summed E-state index contributed by atoms with van der Waals surface area (Å²) >= 11 is 3.28. The Labute approximate surface area is 88.2 Å². The summed E-state index contributed by atoms with van der Waals surface area (Å²) < 4.78 is 0. The minimum Gasteiger partial charge on any atom is -0.378 e. The molecule has 0 saturated carbocycles. The largest absolute Gasteiger partial charge is 0.378 e. The van der Waals surface area contributed by atoms with Gasteiger partial charge in [-0.25, -0.2) is 0 Å². The number of aryl methyl sites for hydroxylation is 1. The van der Waals surface area contributed by atoms with Crippen molar-refractivity contribution >= 4 is 27.7 Å². The van der Waals surface area contributed by atoms with Crippen molar-refractivity contribution in [2.75, 3.05) is 19.0 Å². The van der Waals surface area contributed by atoms with E-state index in [-0.39, 0.29) is 0 Å². The van der Waals surface area contributed by atoms with Crippen LogP contribution in [0.25, 0.3) is 6.08 Å². The maximum absolute atomic E-state index is 3.28. The van der Waals surface area contributed by atoms with Gasteiger partial charge in [0.1, 0.15) is 0 Å². The summed E-state index contributed by atoms with van der Waals surface area (Å²) in [4.78, 5) is 3.99. The van der Waals surface area contributed by atoms with E-state index in [2.05, 4.69) is 66.1 Å². The lowest BCUT2D eigenvalue weighted by molar-refractivity contribution is 1.13. The van der Waals surface area contributed by atoms with Crippen LogP contribution in [0, 0.1) is 6.92 Å². The van der Waals surface area contributed by atoms with E-state index >= 15 is 0 Å². The fourth-order valence-corrected chi connectivity index (χ4v) is 1.48. The number of halogens is 1. The highest BCUT2D eigenvalue weighted by Gasteiger charge is 1.98. The van der Waals surface area contributed by atoms with Gasteiger partial charge >= 0.3 is 0 Å². The van der Waals surface area contributed by atoms with Crippen LogP contribution in [0.2, 0.25) is 0 Å². The van der Waals surface area contributed by atoms with Crippen molar-refractivity contribution in [3.8, 4) is 0 Å². The maximum Gasteiger partial charge on any atom is 0.0364 e. The van der Waals surface area contributed by atoms with Gasteiger partial charge in [-0.05, 0) is 41.2 Å². The Hall–Kier alpha value is -0.760. The lowest BCUT2D eigenvalue weighted by atomic mass is 10.1. The summed E-state index contributed by atoms with van der Waals surface area (Å²) in [5.41, 5.74) is 3.79. The lowest BCUT2D eigenvalue weighted by Crippen LogP contribution is -2.08. The Morgan fingerprint density at radius 3 is 2.46 bits per heavy atom. The average Bonchev–Trinajstić information content (AvgIpc) is 2.08. The van der Waals surface area contributed by atoms with Crippen molar-refractivity contribution < 1.29 is 0 Å². The summed E-state index contributed by atoms with van der Waals surface area (Å²) in [7, 11) is 4.10. The topological polar surface area (TPSA) is 3.24 Å². The molecule has 70 valence electrons. The zero-order valence-electron chi connectivity index (χ0n) is 8.21. The molecule has 0 aromatic heterocycles. The fraction of sp³-hybridized carbons (Fsp3) is 0.273. The zero-order valence-corrected chi connectivity index (χ0v) is 9.80. The van der Waals surface area contributed by atoms with Crippen LogP contribution in [0.4, 0.5) is 5.69 Å². The number of benzene rings is 1. The van der Waals surface area contributed by atoms with Crippen molar-refractivity contribution in [1.29, 1.82) is 0 Å². The van der Waals surface area contributed by atoms with Gasteiger partial charge in [-0.15, -0.1) is 0 Å². The third-order valence-electron chi connectivity index (χ3n) is 2.01. The van der Waals surface area contributed by atoms with Gasteiger partial charge < -0.3 is 4.90 Å². The fourth-order valence-electron chi connectivity index (χ4n) is 1.19. The first kappa shape index (κ1) is 10.3. The third kappa shape index (κ3) is 2.59. The van der Waals surface area contributed by atoms with Gasteiger partial charge in [0.15, 0.2) is 0 Å². The van der Waals surface area contributed by atoms with Gasteiger partial charge in [0, 0.05) is 19.8 Å². The van der Waals surface area contributed by atoms with Crippen LogP contribution in [0.15, 0.2) is 23.2 Å². The minimum atomic E-state index is 1.24. The van der Waals surface area contributed by atoms with Gasteiger partial charge in [-0.3, -0.25) is 0 Å². The number of anilines is 1. The number of hydrogen-bond acceptors (Lipinski definition) is 1. The van der Waals surface area contributed by atoms with Gasteiger partial charge in [0.25, 0.3) is 0 Å². The first-order chi connectivity index (χ1) is 6.15. The van der Waals surface area contributed by atoms with E-state index in [1.807, 2.05) is 4.99 Å². The molecule has 0 heterocycles. The van der Waals surface area contributed by atoms with E-state index in [0.717, 1.165) is 0 Å². The van der Waals surface area contributed by atoms with E-state index in [9.17, 15) is 0 Å². The molecule has 2 heteroatoms. The van der Waals surface area contributed by atoms with E-state index in [1.165, 1.54) is 16.8 Å². The molecule has 0 aliphatic rings. The van der Waals surface area contributed by atoms with Crippen molar-refractivity contribution in [3.05, 3.63) is 34.3 Å². The third-order valence-corrected chi connectivity index (χ3v) is 2.28. The van der Waals surface area contributed by atoms with Gasteiger partial charge in [-0.1, -0.05) is 22.0 Å². The molecule has 0 bridgehead atoms. The van der Waals surface area contributed by atoms with Crippen molar-refractivity contribution in [2.24, 2.45) is 0 Å². The van der Waals surface area contributed by atoms with Gasteiger partial charge in [0.05, 0.1) is 0 Å². The van der Waals surface area contributed by atoms with E-state index in [1.54, 1.807) is 0 Å². The van der Waals surface area contributed by atoms with Crippen LogP contribution in [-0.2, 0) is 0 Å². The van der Waals surface area contributed by atoms with Gasteiger partial charge in [-0.2, -0.15) is 0 Å². The molecule has 0 amide bonds. The number of hydrogen-bond donors (Lipinski definition) is 0. The first-order valence-electron chi connectivity index (χ1n) is 4.20. The molecule has 13 heavy (non-hydrogen) atoms. The molecule has 1 nitrogen and oxygen atoms in total. The minimum absolute atomic E-state index is 1.24. The Kier molecular flexibility index (Phi) is 3.55. The Bertz CT molecular complexity index is 316. The molecule has 1 aromatic carbocycles.